The van der Waals surface area contributed by atoms with Crippen LogP contribution in [0.1, 0.15) is 32.9 Å². The number of ether oxygens (including phenoxy) is 1. The molecule has 0 fully saturated rings. The van der Waals surface area contributed by atoms with Crippen molar-refractivity contribution >= 4 is 38.6 Å². The van der Waals surface area contributed by atoms with E-state index in [2.05, 4.69) is 9.71 Å². The average molecular weight is 560 g/mol. The number of nitrogens with one attached hydrogen (secondary N) is 1. The molecule has 198 valence electrons. The van der Waals surface area contributed by atoms with Crippen LogP contribution in [0.2, 0.25) is 5.02 Å². The van der Waals surface area contributed by atoms with Gasteiger partial charge in [0.1, 0.15) is 18.2 Å². The van der Waals surface area contributed by atoms with Crippen LogP contribution in [0.15, 0.2) is 95.9 Å². The third kappa shape index (κ3) is 5.97. The Morgan fingerprint density at radius 3 is 2.49 bits per heavy atom. The van der Waals surface area contributed by atoms with Crippen LogP contribution in [0.4, 0.5) is 0 Å². The van der Waals surface area contributed by atoms with Gasteiger partial charge in [-0.3, -0.25) is 4.79 Å². The Labute approximate surface area is 232 Å². The van der Waals surface area contributed by atoms with Crippen LogP contribution in [0.25, 0.3) is 11.0 Å². The van der Waals surface area contributed by atoms with Crippen LogP contribution in [-0.4, -0.2) is 23.9 Å². The zero-order valence-electron chi connectivity index (χ0n) is 21.4. The number of carbonyl (C=O) groups is 1. The van der Waals surface area contributed by atoms with E-state index in [1.54, 1.807) is 37.3 Å². The monoisotopic (exact) mass is 559 g/mol. The number of rotatable bonds is 8. The van der Waals surface area contributed by atoms with E-state index < -0.39 is 15.9 Å². The van der Waals surface area contributed by atoms with E-state index >= 15 is 0 Å². The maximum atomic E-state index is 12.9. The van der Waals surface area contributed by atoms with Gasteiger partial charge < -0.3 is 9.30 Å². The fraction of sp³-hybridized carbons (Fsp3) is 0.133. The Morgan fingerprint density at radius 2 is 1.74 bits per heavy atom. The lowest BCUT2D eigenvalue weighted by Crippen LogP contribution is -2.30. The van der Waals surface area contributed by atoms with Gasteiger partial charge in [0.15, 0.2) is 0 Å². The summed E-state index contributed by atoms with van der Waals surface area (Å²) in [5.74, 6) is 0.803. The lowest BCUT2D eigenvalue weighted by molar-refractivity contribution is 0.0981. The Kier molecular flexibility index (Phi) is 7.41. The first kappa shape index (κ1) is 26.5. The number of aryl methyl sites for hydroxylation is 2. The van der Waals surface area contributed by atoms with Crippen LogP contribution in [0, 0.1) is 13.8 Å². The number of carbonyl (C=O) groups excluding carboxylic acids is 1. The molecule has 5 aromatic rings. The van der Waals surface area contributed by atoms with Gasteiger partial charge in [-0.1, -0.05) is 54.1 Å². The van der Waals surface area contributed by atoms with Crippen molar-refractivity contribution in [2.45, 2.75) is 31.9 Å². The summed E-state index contributed by atoms with van der Waals surface area (Å²) in [6.45, 7) is 4.48. The van der Waals surface area contributed by atoms with Crippen LogP contribution >= 0.6 is 11.6 Å². The Balaban J connectivity index is 1.36. The summed E-state index contributed by atoms with van der Waals surface area (Å²) >= 11 is 6.64. The smallest absolute Gasteiger partial charge is 0.265 e. The van der Waals surface area contributed by atoms with Crippen molar-refractivity contribution in [1.29, 1.82) is 0 Å². The number of imidazole rings is 1. The summed E-state index contributed by atoms with van der Waals surface area (Å²) in [6, 6.07) is 26.7. The maximum Gasteiger partial charge on any atom is 0.265 e. The Hall–Kier alpha value is -4.14. The highest BCUT2D eigenvalue weighted by molar-refractivity contribution is 7.90. The molecule has 1 N–H and O–H groups in total. The van der Waals surface area contributed by atoms with Gasteiger partial charge in [-0.2, -0.15) is 0 Å². The molecule has 1 amide bonds. The normalized spacial score (nSPS) is 11.5. The van der Waals surface area contributed by atoms with Crippen LogP contribution in [0.5, 0.6) is 5.75 Å². The summed E-state index contributed by atoms with van der Waals surface area (Å²) < 4.78 is 35.5. The predicted molar refractivity (Wildman–Crippen MR) is 152 cm³/mol. The lowest BCUT2D eigenvalue weighted by atomic mass is 10.1. The second-order valence-corrected chi connectivity index (χ2v) is 11.3. The summed E-state index contributed by atoms with van der Waals surface area (Å²) in [5, 5.41) is 0.587. The molecule has 0 saturated heterocycles. The minimum absolute atomic E-state index is 0.0325. The number of aromatic nitrogens is 2. The van der Waals surface area contributed by atoms with E-state index in [1.807, 2.05) is 60.0 Å². The van der Waals surface area contributed by atoms with Gasteiger partial charge in [-0.15, -0.1) is 0 Å². The first-order valence-corrected chi connectivity index (χ1v) is 14.1. The van der Waals surface area contributed by atoms with Crippen molar-refractivity contribution < 1.29 is 17.9 Å². The number of para-hydroxylation sites is 1. The van der Waals surface area contributed by atoms with Crippen molar-refractivity contribution in [3.63, 3.8) is 0 Å². The Bertz CT molecular complexity index is 1780. The molecule has 1 aromatic heterocycles. The van der Waals surface area contributed by atoms with Crippen LogP contribution < -0.4 is 9.46 Å². The topological polar surface area (TPSA) is 90.3 Å². The highest BCUT2D eigenvalue weighted by atomic mass is 35.5. The van der Waals surface area contributed by atoms with Gasteiger partial charge in [-0.05, 0) is 79.1 Å². The summed E-state index contributed by atoms with van der Waals surface area (Å²) in [4.78, 5) is 17.6. The van der Waals surface area contributed by atoms with E-state index in [0.717, 1.165) is 28.3 Å². The van der Waals surface area contributed by atoms with E-state index in [9.17, 15) is 13.2 Å². The first-order chi connectivity index (χ1) is 18.7. The van der Waals surface area contributed by atoms with Gasteiger partial charge in [0.05, 0.1) is 22.5 Å². The molecule has 39 heavy (non-hydrogen) atoms. The lowest BCUT2D eigenvalue weighted by Gasteiger charge is -2.12. The van der Waals surface area contributed by atoms with Gasteiger partial charge >= 0.3 is 0 Å². The van der Waals surface area contributed by atoms with E-state index in [0.29, 0.717) is 29.2 Å². The number of halogens is 1. The number of hydrogen-bond donors (Lipinski definition) is 1. The van der Waals surface area contributed by atoms with Crippen molar-refractivity contribution in [1.82, 2.24) is 14.3 Å². The molecule has 1 heterocycles. The highest BCUT2D eigenvalue weighted by Gasteiger charge is 2.20. The molecule has 0 aliphatic carbocycles. The van der Waals surface area contributed by atoms with Crippen LogP contribution in [0.3, 0.4) is 0 Å². The zero-order chi connectivity index (χ0) is 27.6. The number of sulfonamides is 1. The number of fused-ring (bicyclic) bond motifs is 1. The molecule has 9 heteroatoms. The highest BCUT2D eigenvalue weighted by Crippen LogP contribution is 2.25. The predicted octanol–water partition coefficient (Wildman–Crippen LogP) is 6.05. The molecule has 0 spiro atoms. The molecule has 4 aromatic carbocycles. The molecule has 0 bridgehead atoms. The van der Waals surface area contributed by atoms with E-state index in [1.165, 1.54) is 12.1 Å². The molecule has 0 radical (unpaired) electrons. The third-order valence-electron chi connectivity index (χ3n) is 6.32. The minimum Gasteiger partial charge on any atom is -0.489 e. The van der Waals surface area contributed by atoms with Gasteiger partial charge in [0.2, 0.25) is 0 Å². The number of benzene rings is 4. The largest absolute Gasteiger partial charge is 0.489 e. The van der Waals surface area contributed by atoms with Gasteiger partial charge in [-0.25, -0.2) is 18.1 Å². The second kappa shape index (κ2) is 10.9. The molecule has 0 unspecified atom stereocenters. The van der Waals surface area contributed by atoms with E-state index in [4.69, 9.17) is 16.3 Å². The molecular formula is C30H26ClN3O4S. The average Bonchev–Trinajstić information content (AvgIpc) is 3.23. The van der Waals surface area contributed by atoms with E-state index in [-0.39, 0.29) is 10.5 Å². The molecule has 0 aliphatic rings. The molecular weight excluding hydrogens is 534 g/mol. The fourth-order valence-electron chi connectivity index (χ4n) is 4.27. The SMILES string of the molecule is Cc1cccc(S(=O)(=O)NC(=O)c2ccc3nc(C)n(Cc4ccc(COc5ccccc5)cc4Cl)c3c2)c1. The molecule has 0 aliphatic heterocycles. The van der Waals surface area contributed by atoms with Crippen molar-refractivity contribution in [3.8, 4) is 5.75 Å². The molecule has 0 saturated carbocycles. The fourth-order valence-corrected chi connectivity index (χ4v) is 5.61. The van der Waals surface area contributed by atoms with Crippen molar-refractivity contribution in [2.75, 3.05) is 0 Å². The van der Waals surface area contributed by atoms with Crippen molar-refractivity contribution in [3.05, 3.63) is 124 Å². The standard InChI is InChI=1S/C30H26ClN3O4S/c1-20-7-6-10-26(15-20)39(36,37)33-30(35)23-13-14-28-29(17-23)34(21(2)32-28)18-24-12-11-22(16-27(24)31)19-38-25-8-4-3-5-9-25/h3-17H,18-19H2,1-2H3,(H,33,35). The minimum atomic E-state index is -4.02. The summed E-state index contributed by atoms with van der Waals surface area (Å²) in [7, 11) is -4.02. The Morgan fingerprint density at radius 1 is 0.949 bits per heavy atom. The molecule has 7 nitrogen and oxygen atoms in total. The summed E-state index contributed by atoms with van der Waals surface area (Å²) in [5.41, 5.74) is 4.18. The maximum absolute atomic E-state index is 12.9. The van der Waals surface area contributed by atoms with Crippen molar-refractivity contribution in [2.24, 2.45) is 0 Å². The molecule has 5 rings (SSSR count). The number of hydrogen-bond acceptors (Lipinski definition) is 5. The summed E-state index contributed by atoms with van der Waals surface area (Å²) in [6.07, 6.45) is 0. The molecule has 0 atom stereocenters. The van der Waals surface area contributed by atoms with Crippen LogP contribution in [-0.2, 0) is 23.2 Å². The quantitative estimate of drug-likeness (QED) is 0.250. The van der Waals surface area contributed by atoms with Gasteiger partial charge in [0.25, 0.3) is 15.9 Å². The number of nitrogens with zero attached hydrogens (tertiary/aromatic N) is 2. The zero-order valence-corrected chi connectivity index (χ0v) is 23.0. The third-order valence-corrected chi connectivity index (χ3v) is 8.00. The second-order valence-electron chi connectivity index (χ2n) is 9.23. The number of amides is 1. The van der Waals surface area contributed by atoms with Gasteiger partial charge in [0, 0.05) is 10.6 Å². The first-order valence-electron chi connectivity index (χ1n) is 12.3.